The molecule has 0 aromatic rings. The van der Waals surface area contributed by atoms with Crippen LogP contribution < -0.4 is 0 Å². The lowest BCUT2D eigenvalue weighted by atomic mass is 10.0. The highest BCUT2D eigenvalue weighted by molar-refractivity contribution is 14.1. The van der Waals surface area contributed by atoms with Crippen LogP contribution in [0.4, 0.5) is 0 Å². The van der Waals surface area contributed by atoms with E-state index in [1.54, 1.807) is 0 Å². The molecule has 0 bridgehead atoms. The summed E-state index contributed by atoms with van der Waals surface area (Å²) in [6.45, 7) is 3.24. The molecule has 0 aliphatic carbocycles. The molecular weight excluding hydrogens is 227 g/mol. The van der Waals surface area contributed by atoms with E-state index >= 15 is 0 Å². The minimum Gasteiger partial charge on any atom is -0.377 e. The topological polar surface area (TPSA) is 9.23 Å². The van der Waals surface area contributed by atoms with E-state index in [1.807, 2.05) is 0 Å². The summed E-state index contributed by atoms with van der Waals surface area (Å²) < 4.78 is 6.66. The minimum absolute atomic E-state index is 0.565. The zero-order valence-electron chi connectivity index (χ0n) is 5.77. The van der Waals surface area contributed by atoms with Crippen molar-refractivity contribution < 1.29 is 4.74 Å². The van der Waals surface area contributed by atoms with E-state index in [-0.39, 0.29) is 0 Å². The van der Waals surface area contributed by atoms with Crippen molar-refractivity contribution in [3.05, 3.63) is 0 Å². The average Bonchev–Trinajstić information content (AvgIpc) is 2.34. The van der Waals surface area contributed by atoms with Crippen molar-refractivity contribution >= 4 is 22.6 Å². The second kappa shape index (κ2) is 3.76. The van der Waals surface area contributed by atoms with Gasteiger partial charge in [-0.3, -0.25) is 0 Å². The molecule has 0 spiro atoms. The number of hydrogen-bond acceptors (Lipinski definition) is 1. The van der Waals surface area contributed by atoms with E-state index in [4.69, 9.17) is 4.74 Å². The molecule has 9 heavy (non-hydrogen) atoms. The molecule has 54 valence electrons. The second-order valence-electron chi connectivity index (χ2n) is 2.62. The smallest absolute Gasteiger partial charge is 0.0668 e. The van der Waals surface area contributed by atoms with Crippen molar-refractivity contribution in [3.63, 3.8) is 0 Å². The van der Waals surface area contributed by atoms with E-state index < -0.39 is 0 Å². The molecule has 1 fully saturated rings. The number of hydrogen-bond donors (Lipinski definition) is 0. The fourth-order valence-corrected chi connectivity index (χ4v) is 1.79. The van der Waals surface area contributed by atoms with Crippen molar-refractivity contribution in [1.29, 1.82) is 0 Å². The fourth-order valence-electron chi connectivity index (χ4n) is 1.17. The monoisotopic (exact) mass is 240 g/mol. The van der Waals surface area contributed by atoms with Gasteiger partial charge in [-0.15, -0.1) is 0 Å². The third-order valence-electron chi connectivity index (χ3n) is 1.91. The Morgan fingerprint density at radius 3 is 2.78 bits per heavy atom. The summed E-state index contributed by atoms with van der Waals surface area (Å²) in [5, 5.41) is 0. The predicted molar refractivity (Wildman–Crippen MR) is 47.0 cm³/mol. The number of alkyl halides is 1. The standard InChI is InChI=1S/C7H13IO/c1-2-6-3-7(4-8)9-5-6/h6-7H,2-5H2,1H3/t6-,7-/m0/s1. The third-order valence-corrected chi connectivity index (χ3v) is 2.90. The molecule has 1 aliphatic rings. The van der Waals surface area contributed by atoms with E-state index in [0.29, 0.717) is 6.10 Å². The molecule has 1 heterocycles. The van der Waals surface area contributed by atoms with Crippen LogP contribution in [0.3, 0.4) is 0 Å². The van der Waals surface area contributed by atoms with Gasteiger partial charge in [-0.25, -0.2) is 0 Å². The van der Waals surface area contributed by atoms with E-state index in [2.05, 4.69) is 29.5 Å². The highest BCUT2D eigenvalue weighted by atomic mass is 127. The first-order valence-corrected chi connectivity index (χ1v) is 5.07. The fraction of sp³-hybridized carbons (Fsp3) is 1.00. The van der Waals surface area contributed by atoms with E-state index in [1.165, 1.54) is 12.8 Å². The van der Waals surface area contributed by atoms with E-state index in [9.17, 15) is 0 Å². The largest absolute Gasteiger partial charge is 0.377 e. The Morgan fingerprint density at radius 1 is 1.67 bits per heavy atom. The summed E-state index contributed by atoms with van der Waals surface area (Å²) in [5.41, 5.74) is 0. The van der Waals surface area contributed by atoms with Crippen LogP contribution in [-0.4, -0.2) is 17.1 Å². The maximum atomic E-state index is 5.50. The van der Waals surface area contributed by atoms with Gasteiger partial charge in [-0.1, -0.05) is 35.9 Å². The van der Waals surface area contributed by atoms with Crippen molar-refractivity contribution in [2.24, 2.45) is 5.92 Å². The van der Waals surface area contributed by atoms with Crippen LogP contribution in [0.25, 0.3) is 0 Å². The first-order valence-electron chi connectivity index (χ1n) is 3.54. The van der Waals surface area contributed by atoms with Crippen LogP contribution in [0.15, 0.2) is 0 Å². The van der Waals surface area contributed by atoms with Crippen LogP contribution >= 0.6 is 22.6 Å². The Bertz CT molecular complexity index is 75.0. The molecule has 0 unspecified atom stereocenters. The van der Waals surface area contributed by atoms with Gasteiger partial charge >= 0.3 is 0 Å². The predicted octanol–water partition coefficient (Wildman–Crippen LogP) is 2.24. The Labute approximate surface area is 70.3 Å². The average molecular weight is 240 g/mol. The highest BCUT2D eigenvalue weighted by Gasteiger charge is 2.22. The normalized spacial score (nSPS) is 35.3. The van der Waals surface area contributed by atoms with Gasteiger partial charge in [-0.2, -0.15) is 0 Å². The molecule has 0 saturated carbocycles. The summed E-state index contributed by atoms with van der Waals surface area (Å²) in [6, 6.07) is 0. The lowest BCUT2D eigenvalue weighted by Gasteiger charge is -2.01. The summed E-state index contributed by atoms with van der Waals surface area (Å²) in [6.07, 6.45) is 3.14. The van der Waals surface area contributed by atoms with Crippen LogP contribution in [0.5, 0.6) is 0 Å². The second-order valence-corrected chi connectivity index (χ2v) is 3.50. The van der Waals surface area contributed by atoms with Gasteiger partial charge in [0, 0.05) is 11.0 Å². The molecule has 0 aromatic heterocycles. The Morgan fingerprint density at radius 2 is 2.44 bits per heavy atom. The van der Waals surface area contributed by atoms with Crippen LogP contribution in [0.2, 0.25) is 0 Å². The maximum absolute atomic E-state index is 5.50. The van der Waals surface area contributed by atoms with Gasteiger partial charge in [0.05, 0.1) is 6.10 Å². The van der Waals surface area contributed by atoms with Crippen molar-refractivity contribution in [1.82, 2.24) is 0 Å². The molecule has 2 heteroatoms. The summed E-state index contributed by atoms with van der Waals surface area (Å²) in [7, 11) is 0. The molecule has 0 aromatic carbocycles. The van der Waals surface area contributed by atoms with Gasteiger partial charge in [0.1, 0.15) is 0 Å². The van der Waals surface area contributed by atoms with Gasteiger partial charge in [0.15, 0.2) is 0 Å². The first-order chi connectivity index (χ1) is 4.36. The molecule has 0 amide bonds. The maximum Gasteiger partial charge on any atom is 0.0668 e. The summed E-state index contributed by atoms with van der Waals surface area (Å²) >= 11 is 2.39. The number of rotatable bonds is 2. The van der Waals surface area contributed by atoms with Crippen LogP contribution in [0.1, 0.15) is 19.8 Å². The number of ether oxygens (including phenoxy) is 1. The SMILES string of the molecule is CC[C@@H]1CO[C@H](CI)C1. The molecule has 0 radical (unpaired) electrons. The number of halogens is 1. The van der Waals surface area contributed by atoms with Crippen molar-refractivity contribution in [2.45, 2.75) is 25.9 Å². The van der Waals surface area contributed by atoms with Gasteiger partial charge in [-0.05, 0) is 12.3 Å². The third kappa shape index (κ3) is 2.08. The van der Waals surface area contributed by atoms with E-state index in [0.717, 1.165) is 17.0 Å². The van der Waals surface area contributed by atoms with Gasteiger partial charge in [0.25, 0.3) is 0 Å². The van der Waals surface area contributed by atoms with Gasteiger partial charge in [0.2, 0.25) is 0 Å². The molecule has 0 N–H and O–H groups in total. The quantitative estimate of drug-likeness (QED) is 0.531. The van der Waals surface area contributed by atoms with Crippen molar-refractivity contribution in [3.8, 4) is 0 Å². The molecule has 2 atom stereocenters. The Kier molecular flexibility index (Phi) is 3.26. The molecule has 1 nitrogen and oxygen atoms in total. The molecule has 1 saturated heterocycles. The lowest BCUT2D eigenvalue weighted by Crippen LogP contribution is -2.05. The molecule has 1 rings (SSSR count). The zero-order chi connectivity index (χ0) is 6.69. The van der Waals surface area contributed by atoms with Gasteiger partial charge < -0.3 is 4.74 Å². The summed E-state index contributed by atoms with van der Waals surface area (Å²) in [4.78, 5) is 0. The van der Waals surface area contributed by atoms with Crippen LogP contribution in [0, 0.1) is 5.92 Å². The highest BCUT2D eigenvalue weighted by Crippen LogP contribution is 2.22. The minimum atomic E-state index is 0.565. The Balaban J connectivity index is 2.20. The van der Waals surface area contributed by atoms with Crippen LogP contribution in [-0.2, 0) is 4.74 Å². The zero-order valence-corrected chi connectivity index (χ0v) is 7.93. The lowest BCUT2D eigenvalue weighted by molar-refractivity contribution is 0.125. The Hall–Kier alpha value is 0.690. The first kappa shape index (κ1) is 7.79. The molecular formula is C7H13IO. The summed E-state index contributed by atoms with van der Waals surface area (Å²) in [5.74, 6) is 0.852. The van der Waals surface area contributed by atoms with Crippen molar-refractivity contribution in [2.75, 3.05) is 11.0 Å². The molecule has 1 aliphatic heterocycles.